The molecule has 0 radical (unpaired) electrons. The van der Waals surface area contributed by atoms with Crippen molar-refractivity contribution < 1.29 is 27.9 Å². The number of benzene rings is 2. The van der Waals surface area contributed by atoms with Crippen molar-refractivity contribution in [2.24, 2.45) is 5.92 Å². The molecule has 2 aromatic carbocycles. The van der Waals surface area contributed by atoms with E-state index in [4.69, 9.17) is 11.6 Å². The van der Waals surface area contributed by atoms with Crippen LogP contribution in [-0.4, -0.2) is 119 Å². The molecule has 0 bridgehead atoms. The van der Waals surface area contributed by atoms with Crippen molar-refractivity contribution in [2.75, 3.05) is 72.5 Å². The van der Waals surface area contributed by atoms with Gasteiger partial charge >= 0.3 is 11.9 Å². The number of aromatic hydroxyl groups is 1. The fourth-order valence-electron chi connectivity index (χ4n) is 6.65. The molecule has 3 saturated heterocycles. The lowest BCUT2D eigenvalue weighted by Crippen LogP contribution is -2.49. The van der Waals surface area contributed by atoms with Crippen LogP contribution in [0.2, 0.25) is 5.02 Å². The van der Waals surface area contributed by atoms with Gasteiger partial charge in [-0.25, -0.2) is 9.48 Å². The van der Waals surface area contributed by atoms with Gasteiger partial charge in [-0.05, 0) is 63.5 Å². The van der Waals surface area contributed by atoms with Crippen LogP contribution in [-0.2, 0) is 22.2 Å². The third-order valence-corrected chi connectivity index (χ3v) is 9.81. The molecule has 3 aliphatic rings. The molecule has 16 heteroatoms. The largest absolute Gasteiger partial charge is 0.506 e. The zero-order chi connectivity index (χ0) is 36.5. The molecule has 3 aromatic rings. The molecule has 2 amide bonds. The topological polar surface area (TPSA) is 139 Å². The number of nitrogens with one attached hydrogen (secondary N) is 3. The number of piperidine rings is 1. The first-order valence-electron chi connectivity index (χ1n) is 17.4. The summed E-state index contributed by atoms with van der Waals surface area (Å²) in [4.78, 5) is 48.0. The van der Waals surface area contributed by atoms with Gasteiger partial charge in [0, 0.05) is 64.3 Å². The Hall–Kier alpha value is -3.92. The van der Waals surface area contributed by atoms with Gasteiger partial charge in [-0.1, -0.05) is 41.9 Å². The molecular weight excluding hydrogens is 689 g/mol. The van der Waals surface area contributed by atoms with Gasteiger partial charge in [0.1, 0.15) is 5.75 Å². The Morgan fingerprint density at radius 2 is 1.63 bits per heavy atom. The number of aromatic amines is 1. The van der Waals surface area contributed by atoms with Gasteiger partial charge in [0.25, 0.3) is 0 Å². The number of aromatic nitrogens is 3. The van der Waals surface area contributed by atoms with Crippen molar-refractivity contribution in [3.63, 3.8) is 0 Å². The van der Waals surface area contributed by atoms with Gasteiger partial charge in [-0.15, -0.1) is 5.10 Å². The number of alkyl halides is 3. The fraction of sp³-hybridized carbons (Fsp3) is 0.543. The van der Waals surface area contributed by atoms with E-state index in [1.807, 2.05) is 30.3 Å². The summed E-state index contributed by atoms with van der Waals surface area (Å²) in [5.41, 5.74) is -0.748. The number of likely N-dealkylation sites (N-methyl/N-ethyl adjacent to an activating group) is 1. The summed E-state index contributed by atoms with van der Waals surface area (Å²) in [7, 11) is 2.17. The normalized spacial score (nSPS) is 18.5. The van der Waals surface area contributed by atoms with Crippen molar-refractivity contribution in [1.82, 2.24) is 40.1 Å². The molecule has 51 heavy (non-hydrogen) atoms. The number of phenols is 1. The molecule has 1 aromatic heterocycles. The number of hydrogen-bond acceptors (Lipinski definition) is 8. The number of halogens is 4. The lowest BCUT2D eigenvalue weighted by molar-refractivity contribution is -0.142. The van der Waals surface area contributed by atoms with E-state index in [2.05, 4.69) is 32.7 Å². The molecular formula is C35H46ClF3N8O4. The minimum absolute atomic E-state index is 0.0993. The molecule has 3 aliphatic heterocycles. The van der Waals surface area contributed by atoms with Gasteiger partial charge in [0.2, 0.25) is 11.8 Å². The van der Waals surface area contributed by atoms with E-state index in [9.17, 15) is 32.7 Å². The van der Waals surface area contributed by atoms with Gasteiger partial charge in [-0.2, -0.15) is 13.2 Å². The number of amides is 2. The van der Waals surface area contributed by atoms with Crippen LogP contribution in [0.5, 0.6) is 5.75 Å². The van der Waals surface area contributed by atoms with Crippen molar-refractivity contribution in [3.05, 3.63) is 69.1 Å². The van der Waals surface area contributed by atoms with Crippen LogP contribution in [0.4, 0.5) is 13.2 Å². The second kappa shape index (κ2) is 17.5. The van der Waals surface area contributed by atoms with E-state index in [-0.39, 0.29) is 42.0 Å². The average molecular weight is 735 g/mol. The molecule has 0 saturated carbocycles. The molecule has 0 aliphatic carbocycles. The van der Waals surface area contributed by atoms with Crippen LogP contribution in [0.1, 0.15) is 42.9 Å². The maximum Gasteiger partial charge on any atom is 0.420 e. The molecule has 278 valence electrons. The van der Waals surface area contributed by atoms with E-state index in [0.29, 0.717) is 57.9 Å². The lowest BCUT2D eigenvalue weighted by Gasteiger charge is -2.34. The van der Waals surface area contributed by atoms with E-state index >= 15 is 0 Å². The summed E-state index contributed by atoms with van der Waals surface area (Å²) in [6, 6.07) is 11.0. The maximum absolute atomic E-state index is 13.5. The van der Waals surface area contributed by atoms with Gasteiger partial charge in [0.15, 0.2) is 5.82 Å². The summed E-state index contributed by atoms with van der Waals surface area (Å²) in [5.74, 6) is -2.16. The van der Waals surface area contributed by atoms with Crippen molar-refractivity contribution >= 4 is 23.4 Å². The molecule has 4 heterocycles. The zero-order valence-corrected chi connectivity index (χ0v) is 29.5. The second-order valence-electron chi connectivity index (χ2n) is 13.3. The number of piperazine rings is 1. The molecule has 6 rings (SSSR count). The number of H-pyrrole nitrogens is 1. The third-order valence-electron chi connectivity index (χ3n) is 9.52. The van der Waals surface area contributed by atoms with E-state index < -0.39 is 28.4 Å². The Balaban J connectivity index is 0.000000556. The van der Waals surface area contributed by atoms with Gasteiger partial charge in [-0.3, -0.25) is 14.6 Å². The smallest absolute Gasteiger partial charge is 0.420 e. The van der Waals surface area contributed by atoms with E-state index in [1.165, 1.54) is 36.8 Å². The molecule has 4 N–H and O–H groups in total. The summed E-state index contributed by atoms with van der Waals surface area (Å²) >= 11 is 5.92. The lowest BCUT2D eigenvalue weighted by atomic mass is 9.92. The highest BCUT2D eigenvalue weighted by atomic mass is 35.5. The van der Waals surface area contributed by atoms with Crippen molar-refractivity contribution in [2.45, 2.75) is 44.3 Å². The number of likely N-dealkylation sites (tertiary alicyclic amines) is 1. The Morgan fingerprint density at radius 3 is 2.31 bits per heavy atom. The average Bonchev–Trinajstić information content (AvgIpc) is 3.35. The molecule has 3 fully saturated rings. The highest BCUT2D eigenvalue weighted by molar-refractivity contribution is 6.32. The highest BCUT2D eigenvalue weighted by Gasteiger charge is 2.37. The van der Waals surface area contributed by atoms with Crippen LogP contribution < -0.4 is 16.3 Å². The van der Waals surface area contributed by atoms with Gasteiger partial charge in [0.05, 0.1) is 22.5 Å². The predicted molar refractivity (Wildman–Crippen MR) is 187 cm³/mol. The first kappa shape index (κ1) is 38.3. The molecule has 1 atom stereocenters. The minimum atomic E-state index is -4.85. The number of nitrogens with zero attached hydrogens (tertiary/aromatic N) is 5. The molecule has 0 unspecified atom stereocenters. The van der Waals surface area contributed by atoms with Crippen molar-refractivity contribution in [1.29, 1.82) is 0 Å². The van der Waals surface area contributed by atoms with Crippen molar-refractivity contribution in [3.8, 4) is 17.1 Å². The standard InChI is InChI=1S/C29H32ClF3N6O4.C6H14N2/c30-23-16-18(15-22(25(23)41)29(31,32)33)14-20(27(42)38-12-8-34-9-13-38)17-24(40)37-10-6-21(7-11-37)39-28(43)35-26(36-39)19-4-2-1-3-5-19;1-8-5-2-3-7-4-6-8/h1-5,15-16,20-21,34,41H,6-14,17H2,(H,35,36,43);7H,2-6H2,1H3/t20-;/m0./s1. The zero-order valence-electron chi connectivity index (χ0n) is 28.7. The Bertz CT molecular complexity index is 1660. The predicted octanol–water partition coefficient (Wildman–Crippen LogP) is 3.37. The van der Waals surface area contributed by atoms with Crippen LogP contribution in [0.25, 0.3) is 11.4 Å². The quantitative estimate of drug-likeness (QED) is 0.290. The Labute approximate surface area is 299 Å². The Kier molecular flexibility index (Phi) is 13.2. The molecule has 12 nitrogen and oxygen atoms in total. The Morgan fingerprint density at radius 1 is 0.961 bits per heavy atom. The number of rotatable bonds is 7. The number of carbonyl (C=O) groups is 2. The first-order chi connectivity index (χ1) is 24.4. The highest BCUT2D eigenvalue weighted by Crippen LogP contribution is 2.41. The monoisotopic (exact) mass is 734 g/mol. The maximum atomic E-state index is 13.5. The number of phenolic OH excluding ortho intramolecular Hbond substituents is 1. The summed E-state index contributed by atoms with van der Waals surface area (Å²) in [5, 5.41) is 20.4. The summed E-state index contributed by atoms with van der Waals surface area (Å²) < 4.78 is 42.0. The van der Waals surface area contributed by atoms with E-state index in [1.54, 1.807) is 9.80 Å². The molecule has 0 spiro atoms. The van der Waals surface area contributed by atoms with Gasteiger partial charge < -0.3 is 30.4 Å². The number of carbonyl (C=O) groups excluding carboxylic acids is 2. The first-order valence-corrected chi connectivity index (χ1v) is 17.8. The minimum Gasteiger partial charge on any atom is -0.506 e. The van der Waals surface area contributed by atoms with Crippen LogP contribution in [0.15, 0.2) is 47.3 Å². The third kappa shape index (κ3) is 10.3. The summed E-state index contributed by atoms with van der Waals surface area (Å²) in [6.07, 6.45) is -2.95. The van der Waals surface area contributed by atoms with E-state index in [0.717, 1.165) is 18.2 Å². The fourth-order valence-corrected chi connectivity index (χ4v) is 6.90. The summed E-state index contributed by atoms with van der Waals surface area (Å²) in [6.45, 7) is 7.48. The second-order valence-corrected chi connectivity index (χ2v) is 13.7. The SMILES string of the molecule is CN1CCCNCC1.O=C(C[C@H](Cc1cc(Cl)c(O)c(C(F)(F)F)c1)C(=O)N1CCNCC1)N1CCC(n2nc(-c3ccccc3)[nH]c2=O)CC1. The van der Waals surface area contributed by atoms with Crippen LogP contribution >= 0.6 is 11.6 Å². The van der Waals surface area contributed by atoms with Crippen LogP contribution in [0, 0.1) is 5.92 Å². The number of hydrogen-bond donors (Lipinski definition) is 4. The van der Waals surface area contributed by atoms with Crippen LogP contribution in [0.3, 0.4) is 0 Å².